The summed E-state index contributed by atoms with van der Waals surface area (Å²) in [6.45, 7) is 2.57. The van der Waals surface area contributed by atoms with Crippen molar-refractivity contribution in [2.45, 2.75) is 12.1 Å². The molecule has 6 nitrogen and oxygen atoms in total. The van der Waals surface area contributed by atoms with Gasteiger partial charge in [-0.05, 0) is 43.3 Å². The Hall–Kier alpha value is -2.67. The number of benzene rings is 2. The number of fused-ring (bicyclic) bond motifs is 1. The first-order valence-electron chi connectivity index (χ1n) is 8.38. The maximum Gasteiger partial charge on any atom is 0.234 e. The van der Waals surface area contributed by atoms with E-state index in [2.05, 4.69) is 15.3 Å². The molecule has 136 valence electrons. The van der Waals surface area contributed by atoms with Gasteiger partial charge in [-0.25, -0.2) is 4.98 Å². The Balaban J connectivity index is 1.57. The molecule has 0 spiro atoms. The van der Waals surface area contributed by atoms with Crippen molar-refractivity contribution in [3.8, 4) is 5.75 Å². The van der Waals surface area contributed by atoms with Gasteiger partial charge in [0.1, 0.15) is 5.75 Å². The number of nitrogens with one attached hydrogen (secondary N) is 2. The van der Waals surface area contributed by atoms with E-state index < -0.39 is 0 Å². The molecule has 2 aromatic carbocycles. The highest BCUT2D eigenvalue weighted by atomic mass is 32.2. The van der Waals surface area contributed by atoms with E-state index >= 15 is 0 Å². The van der Waals surface area contributed by atoms with E-state index in [1.165, 1.54) is 11.8 Å². The number of amides is 1. The zero-order valence-corrected chi connectivity index (χ0v) is 15.9. The highest BCUT2D eigenvalue weighted by Gasteiger charge is 2.08. The van der Waals surface area contributed by atoms with Crippen molar-refractivity contribution >= 4 is 40.1 Å². The molecular weight excluding hydrogens is 348 g/mol. The Labute approximate surface area is 156 Å². The van der Waals surface area contributed by atoms with Gasteiger partial charge in [0.05, 0.1) is 23.4 Å². The first-order chi connectivity index (χ1) is 12.5. The molecule has 0 saturated heterocycles. The molecule has 0 aliphatic carbocycles. The van der Waals surface area contributed by atoms with Crippen molar-refractivity contribution in [2.24, 2.45) is 0 Å². The Bertz CT molecular complexity index is 890. The maximum atomic E-state index is 12.2. The van der Waals surface area contributed by atoms with Gasteiger partial charge >= 0.3 is 0 Å². The second-order valence-corrected chi connectivity index (χ2v) is 6.90. The monoisotopic (exact) mass is 370 g/mol. The molecule has 1 heterocycles. The standard InChI is InChI=1S/C19H22N4O2S/c1-4-25-15-9-10-16-17(11-15)22-19(21-16)26-12-18(24)20-13-5-7-14(8-6-13)23(2)3/h5-11H,4,12H2,1-3H3,(H,20,24)(H,21,22). The molecule has 0 aliphatic heterocycles. The number of H-pyrrole nitrogens is 1. The summed E-state index contributed by atoms with van der Waals surface area (Å²) >= 11 is 1.37. The number of hydrogen-bond donors (Lipinski definition) is 2. The van der Waals surface area contributed by atoms with E-state index in [4.69, 9.17) is 4.74 Å². The Morgan fingerprint density at radius 3 is 2.69 bits per heavy atom. The van der Waals surface area contributed by atoms with E-state index in [1.54, 1.807) is 0 Å². The largest absolute Gasteiger partial charge is 0.494 e. The molecule has 0 aliphatic rings. The van der Waals surface area contributed by atoms with Crippen molar-refractivity contribution in [3.05, 3.63) is 42.5 Å². The predicted molar refractivity (Wildman–Crippen MR) is 107 cm³/mol. The molecule has 3 rings (SSSR count). The predicted octanol–water partition coefficient (Wildman–Crippen LogP) is 3.76. The van der Waals surface area contributed by atoms with Crippen LogP contribution < -0.4 is 15.0 Å². The molecule has 0 saturated carbocycles. The van der Waals surface area contributed by atoms with Crippen LogP contribution in [0.15, 0.2) is 47.6 Å². The lowest BCUT2D eigenvalue weighted by atomic mass is 10.2. The van der Waals surface area contributed by atoms with Crippen molar-refractivity contribution in [3.63, 3.8) is 0 Å². The average molecular weight is 370 g/mol. The number of carbonyl (C=O) groups excluding carboxylic acids is 1. The maximum absolute atomic E-state index is 12.2. The number of ether oxygens (including phenoxy) is 1. The summed E-state index contributed by atoms with van der Waals surface area (Å²) in [7, 11) is 3.96. The van der Waals surface area contributed by atoms with Crippen molar-refractivity contribution in [1.82, 2.24) is 9.97 Å². The molecule has 1 amide bonds. The van der Waals surface area contributed by atoms with Crippen LogP contribution in [0.4, 0.5) is 11.4 Å². The molecular formula is C19H22N4O2S. The average Bonchev–Trinajstić information content (AvgIpc) is 3.03. The summed E-state index contributed by atoms with van der Waals surface area (Å²) in [5, 5.41) is 3.61. The van der Waals surface area contributed by atoms with Gasteiger partial charge in [-0.3, -0.25) is 4.79 Å². The van der Waals surface area contributed by atoms with Crippen molar-refractivity contribution in [1.29, 1.82) is 0 Å². The molecule has 7 heteroatoms. The van der Waals surface area contributed by atoms with Crippen LogP contribution >= 0.6 is 11.8 Å². The van der Waals surface area contributed by atoms with Gasteiger partial charge in [-0.2, -0.15) is 0 Å². The summed E-state index contributed by atoms with van der Waals surface area (Å²) in [6, 6.07) is 13.5. The lowest BCUT2D eigenvalue weighted by Crippen LogP contribution is -2.14. The first-order valence-corrected chi connectivity index (χ1v) is 9.36. The molecule has 0 fully saturated rings. The van der Waals surface area contributed by atoms with Crippen LogP contribution in [-0.2, 0) is 4.79 Å². The number of aromatic nitrogens is 2. The van der Waals surface area contributed by atoms with Crippen molar-refractivity contribution < 1.29 is 9.53 Å². The molecule has 0 bridgehead atoms. The number of aromatic amines is 1. The number of thioether (sulfide) groups is 1. The van der Waals surface area contributed by atoms with Crippen molar-refractivity contribution in [2.75, 3.05) is 36.7 Å². The summed E-state index contributed by atoms with van der Waals surface area (Å²) < 4.78 is 5.49. The van der Waals surface area contributed by atoms with Crippen LogP contribution in [0.5, 0.6) is 5.75 Å². The lowest BCUT2D eigenvalue weighted by molar-refractivity contribution is -0.113. The fourth-order valence-corrected chi connectivity index (χ4v) is 3.15. The van der Waals surface area contributed by atoms with Gasteiger partial charge in [0.2, 0.25) is 5.91 Å². The van der Waals surface area contributed by atoms with Crippen LogP contribution in [0.2, 0.25) is 0 Å². The second kappa shape index (κ2) is 8.14. The van der Waals surface area contributed by atoms with E-state index in [0.29, 0.717) is 11.8 Å². The van der Waals surface area contributed by atoms with Crippen LogP contribution in [0, 0.1) is 0 Å². The summed E-state index contributed by atoms with van der Waals surface area (Å²) in [4.78, 5) is 21.9. The van der Waals surface area contributed by atoms with Gasteiger partial charge < -0.3 is 19.9 Å². The zero-order valence-electron chi connectivity index (χ0n) is 15.1. The Kier molecular flexibility index (Phi) is 5.68. The number of hydrogen-bond acceptors (Lipinski definition) is 5. The molecule has 26 heavy (non-hydrogen) atoms. The highest BCUT2D eigenvalue weighted by molar-refractivity contribution is 7.99. The van der Waals surface area contributed by atoms with Crippen LogP contribution in [0.25, 0.3) is 11.0 Å². The minimum absolute atomic E-state index is 0.0666. The summed E-state index contributed by atoms with van der Waals surface area (Å²) in [5.74, 6) is 1.02. The molecule has 0 unspecified atom stereocenters. The third kappa shape index (κ3) is 4.49. The Morgan fingerprint density at radius 2 is 2.00 bits per heavy atom. The molecule has 2 N–H and O–H groups in total. The third-order valence-electron chi connectivity index (χ3n) is 3.75. The van der Waals surface area contributed by atoms with Gasteiger partial charge in [0.25, 0.3) is 0 Å². The van der Waals surface area contributed by atoms with E-state index in [-0.39, 0.29) is 11.7 Å². The van der Waals surface area contributed by atoms with Gasteiger partial charge in [0.15, 0.2) is 5.16 Å². The van der Waals surface area contributed by atoms with Gasteiger partial charge in [-0.1, -0.05) is 11.8 Å². The number of nitrogens with zero attached hydrogens (tertiary/aromatic N) is 2. The first kappa shape index (κ1) is 18.1. The third-order valence-corrected chi connectivity index (χ3v) is 4.62. The number of imidazole rings is 1. The number of rotatable bonds is 7. The Morgan fingerprint density at radius 1 is 1.23 bits per heavy atom. The van der Waals surface area contributed by atoms with Crippen LogP contribution in [0.1, 0.15) is 6.92 Å². The van der Waals surface area contributed by atoms with Crippen LogP contribution in [-0.4, -0.2) is 42.3 Å². The normalized spacial score (nSPS) is 10.7. The lowest BCUT2D eigenvalue weighted by Gasteiger charge is -2.12. The molecule has 0 atom stereocenters. The topological polar surface area (TPSA) is 70.2 Å². The van der Waals surface area contributed by atoms with Gasteiger partial charge in [-0.15, -0.1) is 0 Å². The van der Waals surface area contributed by atoms with E-state index in [1.807, 2.05) is 68.4 Å². The minimum atomic E-state index is -0.0666. The van der Waals surface area contributed by atoms with E-state index in [0.717, 1.165) is 28.2 Å². The molecule has 0 radical (unpaired) electrons. The number of carbonyl (C=O) groups is 1. The summed E-state index contributed by atoms with van der Waals surface area (Å²) in [5.41, 5.74) is 3.63. The minimum Gasteiger partial charge on any atom is -0.494 e. The zero-order chi connectivity index (χ0) is 18.5. The quantitative estimate of drug-likeness (QED) is 0.620. The number of anilines is 2. The fraction of sp³-hybridized carbons (Fsp3) is 0.263. The fourth-order valence-electron chi connectivity index (χ4n) is 2.46. The van der Waals surface area contributed by atoms with E-state index in [9.17, 15) is 4.79 Å². The SMILES string of the molecule is CCOc1ccc2nc(SCC(=O)Nc3ccc(N(C)C)cc3)[nH]c2c1. The summed E-state index contributed by atoms with van der Waals surface area (Å²) in [6.07, 6.45) is 0. The molecule has 1 aromatic heterocycles. The van der Waals surface area contributed by atoms with Gasteiger partial charge in [0, 0.05) is 31.5 Å². The second-order valence-electron chi connectivity index (χ2n) is 5.93. The van der Waals surface area contributed by atoms with Crippen LogP contribution in [0.3, 0.4) is 0 Å². The smallest absolute Gasteiger partial charge is 0.234 e. The molecule has 3 aromatic rings. The highest BCUT2D eigenvalue weighted by Crippen LogP contribution is 2.23.